The smallest absolute Gasteiger partial charge is 0.278 e. The molecule has 1 amide bonds. The molecule has 1 atom stereocenters. The van der Waals surface area contributed by atoms with Crippen LogP contribution >= 0.6 is 11.3 Å². The maximum absolute atomic E-state index is 13.3. The Morgan fingerprint density at radius 3 is 3.07 bits per heavy atom. The molecule has 0 bridgehead atoms. The predicted molar refractivity (Wildman–Crippen MR) is 105 cm³/mol. The summed E-state index contributed by atoms with van der Waals surface area (Å²) in [5, 5.41) is 4.90. The quantitative estimate of drug-likeness (QED) is 0.650. The Morgan fingerprint density at radius 1 is 1.44 bits per heavy atom. The molecule has 1 aliphatic rings. The van der Waals surface area contributed by atoms with Crippen LogP contribution in [0.2, 0.25) is 0 Å². The largest absolute Gasteiger partial charge is 0.497 e. The first-order valence-electron chi connectivity index (χ1n) is 9.09. The van der Waals surface area contributed by atoms with Crippen LogP contribution in [0, 0.1) is 0 Å². The lowest BCUT2D eigenvalue weighted by Gasteiger charge is -2.23. The van der Waals surface area contributed by atoms with Gasteiger partial charge in [0.05, 0.1) is 30.0 Å². The fraction of sp³-hybridized carbons (Fsp3) is 0.421. The Bertz CT molecular complexity index is 945. The third-order valence-corrected chi connectivity index (χ3v) is 5.76. The predicted octanol–water partition coefficient (Wildman–Crippen LogP) is 3.35. The Hall–Kier alpha value is -2.45. The average Bonchev–Trinajstić information content (AvgIpc) is 3.44. The van der Waals surface area contributed by atoms with Crippen LogP contribution in [0.1, 0.15) is 30.3 Å². The van der Waals surface area contributed by atoms with Crippen LogP contribution < -0.4 is 9.64 Å². The highest BCUT2D eigenvalue weighted by Gasteiger charge is 2.28. The second-order valence-electron chi connectivity index (χ2n) is 6.41. The van der Waals surface area contributed by atoms with Gasteiger partial charge in [-0.15, -0.1) is 0 Å². The minimum absolute atomic E-state index is 0.0356. The lowest BCUT2D eigenvalue weighted by atomic mass is 10.2. The third kappa shape index (κ3) is 3.54. The van der Waals surface area contributed by atoms with Crippen molar-refractivity contribution in [2.24, 2.45) is 0 Å². The first-order valence-corrected chi connectivity index (χ1v) is 9.91. The van der Waals surface area contributed by atoms with Crippen molar-refractivity contribution in [2.75, 3.05) is 25.2 Å². The molecule has 27 heavy (non-hydrogen) atoms. The Morgan fingerprint density at radius 2 is 2.33 bits per heavy atom. The normalized spacial score (nSPS) is 16.7. The molecule has 0 spiro atoms. The number of aryl methyl sites for hydroxylation is 1. The van der Waals surface area contributed by atoms with Gasteiger partial charge >= 0.3 is 0 Å². The van der Waals surface area contributed by atoms with Crippen molar-refractivity contribution in [3.63, 3.8) is 0 Å². The lowest BCUT2D eigenvalue weighted by Crippen LogP contribution is -2.38. The maximum atomic E-state index is 13.3. The number of ether oxygens (including phenoxy) is 2. The number of carbonyl (C=O) groups excluding carboxylic acids is 1. The molecule has 1 unspecified atom stereocenters. The maximum Gasteiger partial charge on any atom is 0.278 e. The number of aromatic nitrogens is 3. The lowest BCUT2D eigenvalue weighted by molar-refractivity contribution is 0.0908. The van der Waals surface area contributed by atoms with Gasteiger partial charge in [0.2, 0.25) is 0 Å². The molecule has 1 aliphatic heterocycles. The highest BCUT2D eigenvalue weighted by Crippen LogP contribution is 2.32. The second kappa shape index (κ2) is 7.66. The van der Waals surface area contributed by atoms with Gasteiger partial charge in [0.25, 0.3) is 5.91 Å². The van der Waals surface area contributed by atoms with E-state index in [2.05, 4.69) is 5.10 Å². The molecule has 1 aromatic carbocycles. The summed E-state index contributed by atoms with van der Waals surface area (Å²) >= 11 is 1.50. The van der Waals surface area contributed by atoms with Gasteiger partial charge in [0, 0.05) is 25.4 Å². The van der Waals surface area contributed by atoms with Gasteiger partial charge in [0.15, 0.2) is 5.13 Å². The van der Waals surface area contributed by atoms with Crippen LogP contribution in [-0.2, 0) is 11.3 Å². The molecule has 0 N–H and O–H groups in total. The number of benzene rings is 1. The summed E-state index contributed by atoms with van der Waals surface area (Å²) in [4.78, 5) is 19.8. The topological polar surface area (TPSA) is 69.5 Å². The van der Waals surface area contributed by atoms with Gasteiger partial charge < -0.3 is 9.47 Å². The van der Waals surface area contributed by atoms with E-state index in [0.29, 0.717) is 23.9 Å². The van der Waals surface area contributed by atoms with E-state index in [-0.39, 0.29) is 12.0 Å². The van der Waals surface area contributed by atoms with Gasteiger partial charge in [0.1, 0.15) is 11.4 Å². The number of fused-ring (bicyclic) bond motifs is 1. The van der Waals surface area contributed by atoms with Crippen molar-refractivity contribution in [1.82, 2.24) is 14.8 Å². The highest BCUT2D eigenvalue weighted by atomic mass is 32.1. The molecule has 0 saturated carbocycles. The summed E-state index contributed by atoms with van der Waals surface area (Å²) < 4.78 is 13.8. The van der Waals surface area contributed by atoms with E-state index in [0.717, 1.165) is 35.4 Å². The Labute approximate surface area is 161 Å². The van der Waals surface area contributed by atoms with Gasteiger partial charge in [-0.3, -0.25) is 14.4 Å². The number of nitrogens with zero attached hydrogens (tertiary/aromatic N) is 4. The molecule has 2 aromatic heterocycles. The van der Waals surface area contributed by atoms with Gasteiger partial charge in [-0.05, 0) is 38.0 Å². The van der Waals surface area contributed by atoms with Crippen molar-refractivity contribution < 1.29 is 14.3 Å². The van der Waals surface area contributed by atoms with E-state index in [1.807, 2.05) is 25.1 Å². The monoisotopic (exact) mass is 386 g/mol. The molecule has 7 nitrogen and oxygen atoms in total. The van der Waals surface area contributed by atoms with Crippen molar-refractivity contribution in [3.05, 3.63) is 36.2 Å². The number of hydrogen-bond donors (Lipinski definition) is 0. The standard InChI is InChI=1S/C19H22N4O3S/c1-3-23-16(8-9-20-23)18(24)22(12-14-5-4-10-26-14)19-21-15-11-13(25-2)6-7-17(15)27-19/h6-9,11,14H,3-5,10,12H2,1-2H3. The van der Waals surface area contributed by atoms with Crippen LogP contribution in [-0.4, -0.2) is 47.0 Å². The van der Waals surface area contributed by atoms with Crippen molar-refractivity contribution in [2.45, 2.75) is 32.4 Å². The zero-order valence-electron chi connectivity index (χ0n) is 15.4. The summed E-state index contributed by atoms with van der Waals surface area (Å²) in [5.74, 6) is 0.649. The van der Waals surface area contributed by atoms with Crippen LogP contribution in [0.25, 0.3) is 10.2 Å². The molecule has 0 radical (unpaired) electrons. The Kier molecular flexibility index (Phi) is 5.09. The van der Waals surface area contributed by atoms with Crippen LogP contribution in [0.15, 0.2) is 30.5 Å². The SMILES string of the molecule is CCn1nccc1C(=O)N(CC1CCCO1)c1nc2cc(OC)ccc2s1. The zero-order valence-corrected chi connectivity index (χ0v) is 16.2. The number of thiazole rings is 1. The van der Waals surface area contributed by atoms with Crippen LogP contribution in [0.5, 0.6) is 5.75 Å². The summed E-state index contributed by atoms with van der Waals surface area (Å²) in [6.07, 6.45) is 3.67. The molecule has 4 rings (SSSR count). The third-order valence-electron chi connectivity index (χ3n) is 4.70. The average molecular weight is 386 g/mol. The van der Waals surface area contributed by atoms with E-state index in [1.54, 1.807) is 29.0 Å². The van der Waals surface area contributed by atoms with Crippen molar-refractivity contribution in [1.29, 1.82) is 0 Å². The summed E-state index contributed by atoms with van der Waals surface area (Å²) in [5.41, 5.74) is 1.39. The number of carbonyl (C=O) groups is 1. The first kappa shape index (κ1) is 17.9. The molecule has 0 aliphatic carbocycles. The van der Waals surface area contributed by atoms with Crippen LogP contribution in [0.3, 0.4) is 0 Å². The van der Waals surface area contributed by atoms with Gasteiger partial charge in [-0.25, -0.2) is 4.98 Å². The second-order valence-corrected chi connectivity index (χ2v) is 7.42. The van der Waals surface area contributed by atoms with E-state index in [1.165, 1.54) is 11.3 Å². The van der Waals surface area contributed by atoms with E-state index < -0.39 is 0 Å². The minimum atomic E-state index is -0.101. The van der Waals surface area contributed by atoms with Crippen LogP contribution in [0.4, 0.5) is 5.13 Å². The number of methoxy groups -OCH3 is 1. The number of anilines is 1. The van der Waals surface area contributed by atoms with E-state index in [4.69, 9.17) is 14.5 Å². The highest BCUT2D eigenvalue weighted by molar-refractivity contribution is 7.22. The summed E-state index contributed by atoms with van der Waals surface area (Å²) in [7, 11) is 1.63. The summed E-state index contributed by atoms with van der Waals surface area (Å²) in [6, 6.07) is 7.52. The molecule has 3 heterocycles. The van der Waals surface area contributed by atoms with Crippen molar-refractivity contribution >= 4 is 32.6 Å². The van der Waals surface area contributed by atoms with Gasteiger partial charge in [-0.2, -0.15) is 5.10 Å². The molecular formula is C19H22N4O3S. The fourth-order valence-electron chi connectivity index (χ4n) is 3.28. The molecule has 1 fully saturated rings. The Balaban J connectivity index is 1.71. The first-order chi connectivity index (χ1) is 13.2. The van der Waals surface area contributed by atoms with E-state index >= 15 is 0 Å². The number of hydrogen-bond acceptors (Lipinski definition) is 6. The minimum Gasteiger partial charge on any atom is -0.497 e. The fourth-order valence-corrected chi connectivity index (χ4v) is 4.24. The van der Waals surface area contributed by atoms with Crippen molar-refractivity contribution in [3.8, 4) is 5.75 Å². The number of rotatable bonds is 6. The molecule has 3 aromatic rings. The molecule has 142 valence electrons. The van der Waals surface area contributed by atoms with Gasteiger partial charge in [-0.1, -0.05) is 11.3 Å². The van der Waals surface area contributed by atoms with E-state index in [9.17, 15) is 4.79 Å². The number of amides is 1. The molecule has 8 heteroatoms. The molecular weight excluding hydrogens is 364 g/mol. The zero-order chi connectivity index (χ0) is 18.8. The molecule has 1 saturated heterocycles. The summed E-state index contributed by atoms with van der Waals surface area (Å²) in [6.45, 7) is 3.85.